The minimum atomic E-state index is -0.625. The van der Waals surface area contributed by atoms with Gasteiger partial charge in [-0.25, -0.2) is 9.78 Å². The van der Waals surface area contributed by atoms with Crippen LogP contribution in [-0.4, -0.2) is 45.5 Å². The average molecular weight is 466 g/mol. The summed E-state index contributed by atoms with van der Waals surface area (Å²) in [4.78, 5) is 30.9. The molecule has 3 rings (SSSR count). The Bertz CT molecular complexity index is 1200. The van der Waals surface area contributed by atoms with Crippen molar-refractivity contribution in [3.05, 3.63) is 58.5 Å². The Morgan fingerprint density at radius 2 is 1.76 bits per heavy atom. The van der Waals surface area contributed by atoms with Crippen LogP contribution in [0.2, 0.25) is 0 Å². The number of aryl methyl sites for hydroxylation is 4. The van der Waals surface area contributed by atoms with Gasteiger partial charge in [0.15, 0.2) is 5.65 Å². The number of ether oxygens (including phenoxy) is 1. The number of pyridine rings is 1. The van der Waals surface area contributed by atoms with Crippen molar-refractivity contribution in [2.75, 3.05) is 24.2 Å². The lowest BCUT2D eigenvalue weighted by molar-refractivity contribution is -0.117. The first-order valence-electron chi connectivity index (χ1n) is 11.4. The van der Waals surface area contributed by atoms with Gasteiger partial charge in [-0.2, -0.15) is 0 Å². The van der Waals surface area contributed by atoms with Gasteiger partial charge < -0.3 is 24.7 Å². The van der Waals surface area contributed by atoms with Gasteiger partial charge in [0.1, 0.15) is 12.1 Å². The largest absolute Gasteiger partial charge is 0.444 e. The number of hydrogen-bond donors (Lipinski definition) is 2. The number of nitrogens with zero attached hydrogens (tertiary/aromatic N) is 3. The highest BCUT2D eigenvalue weighted by atomic mass is 16.6. The molecule has 2 N–H and O–H groups in total. The first-order valence-corrected chi connectivity index (χ1v) is 11.4. The van der Waals surface area contributed by atoms with Gasteiger partial charge in [-0.15, -0.1) is 0 Å². The van der Waals surface area contributed by atoms with Crippen LogP contribution in [0.4, 0.5) is 16.2 Å². The number of benzene rings is 1. The van der Waals surface area contributed by atoms with Crippen molar-refractivity contribution in [2.24, 2.45) is 0 Å². The molecule has 34 heavy (non-hydrogen) atoms. The number of imidazole rings is 1. The third kappa shape index (κ3) is 5.87. The molecule has 0 bridgehead atoms. The summed E-state index contributed by atoms with van der Waals surface area (Å²) in [6.07, 6.45) is 1.30. The van der Waals surface area contributed by atoms with Gasteiger partial charge in [0.25, 0.3) is 0 Å². The Morgan fingerprint density at radius 1 is 1.12 bits per heavy atom. The van der Waals surface area contributed by atoms with Crippen LogP contribution in [0.15, 0.2) is 30.5 Å². The first kappa shape index (κ1) is 25.1. The fourth-order valence-electron chi connectivity index (χ4n) is 3.70. The molecule has 3 aromatic rings. The van der Waals surface area contributed by atoms with E-state index in [1.165, 1.54) is 28.6 Å². The topological polar surface area (TPSA) is 88.0 Å². The van der Waals surface area contributed by atoms with Crippen LogP contribution in [0, 0.1) is 27.7 Å². The average Bonchev–Trinajstić information content (AvgIpc) is 3.00. The predicted octanol–water partition coefficient (Wildman–Crippen LogP) is 4.99. The summed E-state index contributed by atoms with van der Waals surface area (Å²) >= 11 is 0. The lowest BCUT2D eigenvalue weighted by atomic mass is 10.0. The van der Waals surface area contributed by atoms with E-state index in [9.17, 15) is 9.59 Å². The van der Waals surface area contributed by atoms with Crippen LogP contribution in [0.5, 0.6) is 0 Å². The van der Waals surface area contributed by atoms with E-state index in [-0.39, 0.29) is 12.5 Å². The van der Waals surface area contributed by atoms with E-state index in [0.29, 0.717) is 12.2 Å². The van der Waals surface area contributed by atoms with Crippen molar-refractivity contribution in [1.82, 2.24) is 14.3 Å². The second kappa shape index (κ2) is 9.75. The summed E-state index contributed by atoms with van der Waals surface area (Å²) in [5.41, 5.74) is 7.17. The molecule has 0 atom stereocenters. The zero-order valence-electron chi connectivity index (χ0n) is 21.4. The molecule has 182 valence electrons. The molecule has 8 nitrogen and oxygen atoms in total. The Hall–Kier alpha value is -3.55. The van der Waals surface area contributed by atoms with Crippen molar-refractivity contribution >= 4 is 29.0 Å². The predicted molar refractivity (Wildman–Crippen MR) is 135 cm³/mol. The van der Waals surface area contributed by atoms with Crippen molar-refractivity contribution < 1.29 is 14.3 Å². The molecule has 0 radical (unpaired) electrons. The summed E-state index contributed by atoms with van der Waals surface area (Å²) in [5, 5.41) is 6.41. The second-order valence-electron chi connectivity index (χ2n) is 9.73. The van der Waals surface area contributed by atoms with Crippen LogP contribution in [-0.2, 0) is 16.1 Å². The van der Waals surface area contributed by atoms with Gasteiger partial charge in [-0.05, 0) is 71.2 Å². The maximum absolute atomic E-state index is 12.7. The number of fused-ring (bicyclic) bond motifs is 1. The lowest BCUT2D eigenvalue weighted by Gasteiger charge is -2.24. The van der Waals surface area contributed by atoms with E-state index in [0.717, 1.165) is 22.7 Å². The summed E-state index contributed by atoms with van der Waals surface area (Å²) in [5.74, 6) is -0.317. The van der Waals surface area contributed by atoms with Gasteiger partial charge in [-0.1, -0.05) is 18.2 Å². The number of carbonyl (C=O) groups is 2. The number of amides is 2. The Labute approximate surface area is 201 Å². The number of rotatable bonds is 6. The molecule has 0 aliphatic rings. The number of carbonyl (C=O) groups excluding carboxylic acids is 2. The third-order valence-corrected chi connectivity index (χ3v) is 5.67. The normalized spacial score (nSPS) is 11.4. The maximum atomic E-state index is 12.7. The lowest BCUT2D eigenvalue weighted by Crippen LogP contribution is -2.38. The summed E-state index contributed by atoms with van der Waals surface area (Å²) < 4.78 is 7.29. The quantitative estimate of drug-likeness (QED) is 0.536. The van der Waals surface area contributed by atoms with Crippen LogP contribution in [0.25, 0.3) is 5.65 Å². The van der Waals surface area contributed by atoms with Crippen LogP contribution in [0.1, 0.15) is 48.8 Å². The minimum absolute atomic E-state index is 0.125. The van der Waals surface area contributed by atoms with Gasteiger partial charge in [-0.3, -0.25) is 4.79 Å². The highest BCUT2D eigenvalue weighted by Crippen LogP contribution is 2.26. The Balaban J connectivity index is 1.82. The van der Waals surface area contributed by atoms with Crippen LogP contribution >= 0.6 is 0 Å². The third-order valence-electron chi connectivity index (χ3n) is 5.67. The zero-order valence-corrected chi connectivity index (χ0v) is 21.4. The van der Waals surface area contributed by atoms with E-state index in [4.69, 9.17) is 9.72 Å². The van der Waals surface area contributed by atoms with E-state index < -0.39 is 11.7 Å². The fourth-order valence-corrected chi connectivity index (χ4v) is 3.70. The van der Waals surface area contributed by atoms with Crippen molar-refractivity contribution in [2.45, 2.75) is 60.6 Å². The van der Waals surface area contributed by atoms with Crippen molar-refractivity contribution in [1.29, 1.82) is 0 Å². The maximum Gasteiger partial charge on any atom is 0.410 e. The highest BCUT2D eigenvalue weighted by molar-refractivity contribution is 5.94. The SMILES string of the molecule is Cc1cccc(C)c1CNc1cc(NC(=O)CN(C)C(=O)OC(C)(C)C)cn2c(C)c(C)nc12. The van der Waals surface area contributed by atoms with Crippen LogP contribution in [0.3, 0.4) is 0 Å². The van der Waals surface area contributed by atoms with Gasteiger partial charge in [0, 0.05) is 25.5 Å². The Morgan fingerprint density at radius 3 is 2.38 bits per heavy atom. The number of likely N-dealkylation sites (N-methyl/N-ethyl adjacent to an activating group) is 1. The van der Waals surface area contributed by atoms with Gasteiger partial charge in [0.05, 0.1) is 17.1 Å². The number of nitrogens with one attached hydrogen (secondary N) is 2. The zero-order chi connectivity index (χ0) is 25.2. The highest BCUT2D eigenvalue weighted by Gasteiger charge is 2.21. The molecule has 8 heteroatoms. The summed E-state index contributed by atoms with van der Waals surface area (Å²) in [6, 6.07) is 8.13. The number of hydrogen-bond acceptors (Lipinski definition) is 5. The molecule has 0 fully saturated rings. The van der Waals surface area contributed by atoms with E-state index in [2.05, 4.69) is 42.7 Å². The molecule has 0 spiro atoms. The molecule has 2 aromatic heterocycles. The molecule has 0 aliphatic heterocycles. The first-order chi connectivity index (χ1) is 15.9. The molecule has 0 saturated heterocycles. The number of anilines is 2. The van der Waals surface area contributed by atoms with Crippen molar-refractivity contribution in [3.8, 4) is 0 Å². The molecular weight excluding hydrogens is 430 g/mol. The monoisotopic (exact) mass is 465 g/mol. The van der Waals surface area contributed by atoms with Gasteiger partial charge in [0.2, 0.25) is 5.91 Å². The van der Waals surface area contributed by atoms with E-state index in [1.807, 2.05) is 30.5 Å². The molecule has 0 aliphatic carbocycles. The van der Waals surface area contributed by atoms with Crippen LogP contribution < -0.4 is 10.6 Å². The van der Waals surface area contributed by atoms with Gasteiger partial charge >= 0.3 is 6.09 Å². The van der Waals surface area contributed by atoms with E-state index in [1.54, 1.807) is 20.8 Å². The molecule has 0 unspecified atom stereocenters. The second-order valence-corrected chi connectivity index (χ2v) is 9.73. The Kier molecular flexibility index (Phi) is 7.19. The molecular formula is C26H35N5O3. The smallest absolute Gasteiger partial charge is 0.410 e. The standard InChI is InChI=1S/C26H35N5O3/c1-16-10-9-11-17(2)21(16)13-27-22-12-20(14-31-19(4)18(3)28-24(22)31)29-23(32)15-30(8)25(33)34-26(5,6)7/h9-12,14,27H,13,15H2,1-8H3,(H,29,32). The molecule has 2 heterocycles. The molecule has 0 saturated carbocycles. The minimum Gasteiger partial charge on any atom is -0.444 e. The summed E-state index contributed by atoms with van der Waals surface area (Å²) in [7, 11) is 1.54. The number of aromatic nitrogens is 2. The fraction of sp³-hybridized carbons (Fsp3) is 0.423. The molecule has 1 aromatic carbocycles. The summed E-state index contributed by atoms with van der Waals surface area (Å²) in [6.45, 7) is 14.0. The molecule has 2 amide bonds. The van der Waals surface area contributed by atoms with Crippen molar-refractivity contribution in [3.63, 3.8) is 0 Å². The van der Waals surface area contributed by atoms with E-state index >= 15 is 0 Å².